The minimum absolute atomic E-state index is 0. The van der Waals surface area contributed by atoms with E-state index in [-0.39, 0.29) is 19.0 Å². The number of nitrogens with zero attached hydrogens (tertiary/aromatic N) is 2. The highest BCUT2D eigenvalue weighted by molar-refractivity contribution is 5.78. The third-order valence-corrected chi connectivity index (χ3v) is 3.76. The first-order valence-electron chi connectivity index (χ1n) is 8.25. The monoisotopic (exact) mass is 385 g/mol. The number of aliphatic hydroxyl groups excluding tert-OH is 1. The molecule has 1 aliphatic rings. The lowest BCUT2D eigenvalue weighted by Gasteiger charge is -2.28. The highest BCUT2D eigenvalue weighted by Gasteiger charge is 2.14. The van der Waals surface area contributed by atoms with Gasteiger partial charge in [-0.1, -0.05) is 17.3 Å². The van der Waals surface area contributed by atoms with Gasteiger partial charge < -0.3 is 36.6 Å². The van der Waals surface area contributed by atoms with E-state index in [1.54, 1.807) is 20.3 Å². The van der Waals surface area contributed by atoms with Gasteiger partial charge in [0.05, 0.1) is 33.6 Å². The van der Waals surface area contributed by atoms with E-state index in [2.05, 4.69) is 10.1 Å². The molecule has 7 nitrogen and oxygen atoms in total. The van der Waals surface area contributed by atoms with Crippen LogP contribution in [0.2, 0.25) is 0 Å². The van der Waals surface area contributed by atoms with Crippen LogP contribution in [-0.2, 0) is 9.57 Å². The molecule has 1 aromatic carbocycles. The number of halogens is 1. The quantitative estimate of drug-likeness (QED) is 0.408. The Bertz CT molecular complexity index is 577. The van der Waals surface area contributed by atoms with E-state index in [1.165, 1.54) is 6.21 Å². The van der Waals surface area contributed by atoms with Crippen LogP contribution < -0.4 is 21.9 Å². The molecule has 1 atom stereocenters. The number of aliphatic hydroxyl groups is 1. The number of allylic oxidation sites excluding steroid dienone is 1. The lowest BCUT2D eigenvalue weighted by atomic mass is 10.2. The number of β-amino-alcohol motifs (C(OH)–C–C–N with tert-alkyl or cyclic N) is 1. The van der Waals surface area contributed by atoms with Gasteiger partial charge in [0, 0.05) is 19.6 Å². The van der Waals surface area contributed by atoms with Crippen molar-refractivity contribution in [2.75, 3.05) is 53.7 Å². The maximum absolute atomic E-state index is 9.92. The lowest BCUT2D eigenvalue weighted by Crippen LogP contribution is -3.00. The third-order valence-electron chi connectivity index (χ3n) is 3.76. The van der Waals surface area contributed by atoms with E-state index in [1.807, 2.05) is 24.3 Å². The molecule has 1 unspecified atom stereocenters. The smallest absolute Gasteiger partial charge is 0.161 e. The van der Waals surface area contributed by atoms with Gasteiger partial charge in [0.2, 0.25) is 0 Å². The zero-order valence-corrected chi connectivity index (χ0v) is 15.9. The molecule has 8 heteroatoms. The Morgan fingerprint density at radius 1 is 1.23 bits per heavy atom. The van der Waals surface area contributed by atoms with Crippen LogP contribution in [0.4, 0.5) is 0 Å². The Labute approximate surface area is 160 Å². The van der Waals surface area contributed by atoms with Gasteiger partial charge in [-0.2, -0.15) is 0 Å². The number of oxime groups is 1. The van der Waals surface area contributed by atoms with Crippen molar-refractivity contribution in [1.29, 1.82) is 0 Å². The molecule has 1 N–H and O–H groups in total. The number of rotatable bonds is 9. The molecule has 0 amide bonds. The largest absolute Gasteiger partial charge is 1.00 e. The Balaban J connectivity index is 0.00000338. The molecule has 1 heterocycles. The second kappa shape index (κ2) is 12.5. The highest BCUT2D eigenvalue weighted by Crippen LogP contribution is 2.27. The van der Waals surface area contributed by atoms with Crippen LogP contribution in [0.5, 0.6) is 11.5 Å². The summed E-state index contributed by atoms with van der Waals surface area (Å²) >= 11 is 0. The van der Waals surface area contributed by atoms with E-state index >= 15 is 0 Å². The average Bonchev–Trinajstić information content (AvgIpc) is 2.65. The van der Waals surface area contributed by atoms with Crippen molar-refractivity contribution in [3.8, 4) is 11.5 Å². The van der Waals surface area contributed by atoms with Crippen molar-refractivity contribution < 1.29 is 36.6 Å². The number of ether oxygens (including phenoxy) is 3. The van der Waals surface area contributed by atoms with Crippen molar-refractivity contribution in [1.82, 2.24) is 4.90 Å². The van der Waals surface area contributed by atoms with Crippen LogP contribution in [0.25, 0.3) is 6.08 Å². The molecule has 1 saturated heterocycles. The van der Waals surface area contributed by atoms with Crippen molar-refractivity contribution in [2.24, 2.45) is 5.16 Å². The molecule has 1 aromatic rings. The van der Waals surface area contributed by atoms with Crippen molar-refractivity contribution in [3.63, 3.8) is 0 Å². The maximum Gasteiger partial charge on any atom is 0.161 e. The average molecular weight is 386 g/mol. The fourth-order valence-corrected chi connectivity index (χ4v) is 2.45. The van der Waals surface area contributed by atoms with Crippen molar-refractivity contribution in [3.05, 3.63) is 29.8 Å². The molecule has 0 spiro atoms. The Hall–Kier alpha value is -1.80. The van der Waals surface area contributed by atoms with E-state index in [4.69, 9.17) is 19.0 Å². The summed E-state index contributed by atoms with van der Waals surface area (Å²) in [6.45, 7) is 3.85. The van der Waals surface area contributed by atoms with Gasteiger partial charge in [-0.15, -0.1) is 0 Å². The fourth-order valence-electron chi connectivity index (χ4n) is 2.45. The first-order valence-corrected chi connectivity index (χ1v) is 8.25. The third kappa shape index (κ3) is 7.61. The van der Waals surface area contributed by atoms with Gasteiger partial charge in [0.15, 0.2) is 11.5 Å². The van der Waals surface area contributed by atoms with Crippen LogP contribution in [0.1, 0.15) is 5.56 Å². The molecule has 0 bridgehead atoms. The first kappa shape index (κ1) is 22.2. The molecule has 26 heavy (non-hydrogen) atoms. The van der Waals surface area contributed by atoms with Crippen LogP contribution in [0, 0.1) is 0 Å². The zero-order chi connectivity index (χ0) is 17.9. The van der Waals surface area contributed by atoms with Gasteiger partial charge in [-0.25, -0.2) is 0 Å². The maximum atomic E-state index is 9.92. The van der Waals surface area contributed by atoms with E-state index in [0.29, 0.717) is 31.3 Å². The molecule has 1 fully saturated rings. The molecular formula is C18H26ClN2O5-. The SMILES string of the molecule is COc1ccc(/C=C/C=N/OCC(O)CN2CCOCC2)cc1OC.[Cl-]. The molecule has 0 saturated carbocycles. The van der Waals surface area contributed by atoms with Crippen molar-refractivity contribution in [2.45, 2.75) is 6.10 Å². The zero-order valence-electron chi connectivity index (χ0n) is 15.1. The second-order valence-corrected chi connectivity index (χ2v) is 5.59. The molecule has 0 radical (unpaired) electrons. The van der Waals surface area contributed by atoms with Crippen LogP contribution in [0.15, 0.2) is 29.4 Å². The summed E-state index contributed by atoms with van der Waals surface area (Å²) in [7, 11) is 3.20. The van der Waals surface area contributed by atoms with Crippen LogP contribution >= 0.6 is 0 Å². The predicted molar refractivity (Wildman–Crippen MR) is 96.3 cm³/mol. The Morgan fingerprint density at radius 3 is 2.65 bits per heavy atom. The summed E-state index contributed by atoms with van der Waals surface area (Å²) in [5, 5.41) is 13.7. The molecule has 0 aliphatic carbocycles. The van der Waals surface area contributed by atoms with Gasteiger partial charge in [0.1, 0.15) is 12.7 Å². The molecule has 2 rings (SSSR count). The lowest BCUT2D eigenvalue weighted by molar-refractivity contribution is -0.0128. The van der Waals surface area contributed by atoms with Crippen LogP contribution in [-0.4, -0.2) is 76.0 Å². The summed E-state index contributed by atoms with van der Waals surface area (Å²) in [6, 6.07) is 5.63. The Morgan fingerprint density at radius 2 is 1.96 bits per heavy atom. The topological polar surface area (TPSA) is 72.8 Å². The van der Waals surface area contributed by atoms with Gasteiger partial charge in [-0.3, -0.25) is 4.90 Å². The fraction of sp³-hybridized carbons (Fsp3) is 0.500. The number of morpholine rings is 1. The summed E-state index contributed by atoms with van der Waals surface area (Å²) in [6.07, 6.45) is 4.61. The number of benzene rings is 1. The normalized spacial score (nSPS) is 16.4. The first-order chi connectivity index (χ1) is 12.2. The number of methoxy groups -OCH3 is 2. The van der Waals surface area contributed by atoms with Gasteiger partial charge in [0.25, 0.3) is 0 Å². The summed E-state index contributed by atoms with van der Waals surface area (Å²) in [5.74, 6) is 1.36. The number of hydrogen-bond acceptors (Lipinski definition) is 7. The Kier molecular flexibility index (Phi) is 10.7. The highest BCUT2D eigenvalue weighted by atomic mass is 35.5. The van der Waals surface area contributed by atoms with E-state index < -0.39 is 6.10 Å². The predicted octanol–water partition coefficient (Wildman–Crippen LogP) is -1.58. The summed E-state index contributed by atoms with van der Waals surface area (Å²) < 4.78 is 15.7. The minimum Gasteiger partial charge on any atom is -1.00 e. The summed E-state index contributed by atoms with van der Waals surface area (Å²) in [5.41, 5.74) is 0.955. The molecule has 1 aliphatic heterocycles. The van der Waals surface area contributed by atoms with Crippen LogP contribution in [0.3, 0.4) is 0 Å². The minimum atomic E-state index is -0.565. The molecule has 0 aromatic heterocycles. The second-order valence-electron chi connectivity index (χ2n) is 5.59. The van der Waals surface area contributed by atoms with Gasteiger partial charge >= 0.3 is 0 Å². The molecule has 146 valence electrons. The summed E-state index contributed by atoms with van der Waals surface area (Å²) in [4.78, 5) is 7.27. The standard InChI is InChI=1S/C18H26N2O5.ClH/c1-22-17-6-5-15(12-18(17)23-2)4-3-7-19-25-14-16(21)13-20-8-10-24-11-9-20;/h3-7,12,16,21H,8-11,13-14H2,1-2H3;1H/p-1/b4-3+,19-7+;. The number of hydrogen-bond donors (Lipinski definition) is 1. The van der Waals surface area contributed by atoms with E-state index in [9.17, 15) is 5.11 Å². The molecular weight excluding hydrogens is 360 g/mol. The van der Waals surface area contributed by atoms with E-state index in [0.717, 1.165) is 18.7 Å². The van der Waals surface area contributed by atoms with Crippen molar-refractivity contribution >= 4 is 12.3 Å². The van der Waals surface area contributed by atoms with Gasteiger partial charge in [-0.05, 0) is 23.8 Å².